The zero-order chi connectivity index (χ0) is 9.42. The van der Waals surface area contributed by atoms with Gasteiger partial charge in [0, 0.05) is 11.4 Å². The standard InChI is InChI=1S/C12H17N/c1-8-5-4-6-11-12(8)9(2)7-10(3)13-11/h7-8H,4-6H2,1-3H3. The highest BCUT2D eigenvalue weighted by Gasteiger charge is 2.19. The van der Waals surface area contributed by atoms with Gasteiger partial charge in [0.25, 0.3) is 0 Å². The molecule has 1 heterocycles. The van der Waals surface area contributed by atoms with Crippen LogP contribution in [0.4, 0.5) is 0 Å². The molecule has 1 nitrogen and oxygen atoms in total. The lowest BCUT2D eigenvalue weighted by atomic mass is 9.84. The van der Waals surface area contributed by atoms with Gasteiger partial charge in [0.05, 0.1) is 0 Å². The minimum Gasteiger partial charge on any atom is -0.258 e. The van der Waals surface area contributed by atoms with E-state index in [1.807, 2.05) is 0 Å². The molecule has 0 radical (unpaired) electrons. The third-order valence-corrected chi connectivity index (χ3v) is 3.02. The van der Waals surface area contributed by atoms with Crippen molar-refractivity contribution in [3.05, 3.63) is 28.6 Å². The second-order valence-electron chi connectivity index (χ2n) is 4.23. The van der Waals surface area contributed by atoms with Gasteiger partial charge in [0.2, 0.25) is 0 Å². The van der Waals surface area contributed by atoms with E-state index in [1.165, 1.54) is 41.8 Å². The number of rotatable bonds is 0. The summed E-state index contributed by atoms with van der Waals surface area (Å²) in [7, 11) is 0. The van der Waals surface area contributed by atoms with Crippen LogP contribution in [0.2, 0.25) is 0 Å². The van der Waals surface area contributed by atoms with Crippen LogP contribution in [0, 0.1) is 13.8 Å². The quantitative estimate of drug-likeness (QED) is 0.590. The van der Waals surface area contributed by atoms with Crippen LogP contribution in [0.15, 0.2) is 6.07 Å². The van der Waals surface area contributed by atoms with Crippen LogP contribution < -0.4 is 0 Å². The predicted molar refractivity (Wildman–Crippen MR) is 55.1 cm³/mol. The van der Waals surface area contributed by atoms with Crippen molar-refractivity contribution in [2.45, 2.75) is 46.0 Å². The minimum atomic E-state index is 0.719. The molecule has 0 saturated heterocycles. The molecule has 1 heteroatoms. The molecule has 1 unspecified atom stereocenters. The van der Waals surface area contributed by atoms with Gasteiger partial charge in [-0.2, -0.15) is 0 Å². The molecule has 0 saturated carbocycles. The summed E-state index contributed by atoms with van der Waals surface area (Å²) in [5.74, 6) is 0.719. The van der Waals surface area contributed by atoms with Gasteiger partial charge < -0.3 is 0 Å². The SMILES string of the molecule is Cc1cc(C)c2c(n1)CCCC2C. The van der Waals surface area contributed by atoms with E-state index < -0.39 is 0 Å². The summed E-state index contributed by atoms with van der Waals surface area (Å²) < 4.78 is 0. The molecule has 1 aliphatic carbocycles. The summed E-state index contributed by atoms with van der Waals surface area (Å²) in [4.78, 5) is 4.62. The summed E-state index contributed by atoms with van der Waals surface area (Å²) in [6.07, 6.45) is 3.82. The highest BCUT2D eigenvalue weighted by molar-refractivity contribution is 5.35. The number of aromatic nitrogens is 1. The van der Waals surface area contributed by atoms with Crippen molar-refractivity contribution in [2.75, 3.05) is 0 Å². The van der Waals surface area contributed by atoms with Crippen LogP contribution in [-0.4, -0.2) is 4.98 Å². The average Bonchev–Trinajstić information content (AvgIpc) is 2.02. The van der Waals surface area contributed by atoms with Gasteiger partial charge in [-0.15, -0.1) is 0 Å². The molecule has 1 atom stereocenters. The summed E-state index contributed by atoms with van der Waals surface area (Å²) in [5.41, 5.74) is 5.49. The molecular weight excluding hydrogens is 158 g/mol. The van der Waals surface area contributed by atoms with E-state index in [1.54, 1.807) is 0 Å². The van der Waals surface area contributed by atoms with Crippen LogP contribution >= 0.6 is 0 Å². The van der Waals surface area contributed by atoms with Gasteiger partial charge in [-0.05, 0) is 56.2 Å². The Morgan fingerprint density at radius 1 is 1.38 bits per heavy atom. The van der Waals surface area contributed by atoms with Crippen LogP contribution in [0.25, 0.3) is 0 Å². The fourth-order valence-corrected chi connectivity index (χ4v) is 2.51. The molecule has 1 aliphatic rings. The maximum atomic E-state index is 4.62. The predicted octanol–water partition coefficient (Wildman–Crippen LogP) is 3.14. The summed E-state index contributed by atoms with van der Waals surface area (Å²) in [6.45, 7) is 6.63. The van der Waals surface area contributed by atoms with E-state index in [9.17, 15) is 0 Å². The molecule has 1 aromatic heterocycles. The molecule has 1 aromatic rings. The molecular formula is C12H17N. The van der Waals surface area contributed by atoms with Crippen molar-refractivity contribution in [2.24, 2.45) is 0 Å². The van der Waals surface area contributed by atoms with E-state index in [0.29, 0.717) is 0 Å². The lowest BCUT2D eigenvalue weighted by Crippen LogP contribution is -2.11. The Kier molecular flexibility index (Phi) is 2.10. The molecule has 0 amide bonds. The Hall–Kier alpha value is -0.850. The van der Waals surface area contributed by atoms with E-state index in [2.05, 4.69) is 31.8 Å². The first-order valence-electron chi connectivity index (χ1n) is 5.15. The zero-order valence-electron chi connectivity index (χ0n) is 8.72. The second-order valence-corrected chi connectivity index (χ2v) is 4.23. The molecule has 2 rings (SSSR count). The monoisotopic (exact) mass is 175 g/mol. The number of hydrogen-bond acceptors (Lipinski definition) is 1. The van der Waals surface area contributed by atoms with E-state index >= 15 is 0 Å². The Bertz CT molecular complexity index is 328. The fourth-order valence-electron chi connectivity index (χ4n) is 2.51. The number of nitrogens with zero attached hydrogens (tertiary/aromatic N) is 1. The molecule has 13 heavy (non-hydrogen) atoms. The molecule has 0 bridgehead atoms. The van der Waals surface area contributed by atoms with E-state index in [4.69, 9.17) is 0 Å². The van der Waals surface area contributed by atoms with Crippen LogP contribution in [0.3, 0.4) is 0 Å². The van der Waals surface area contributed by atoms with Crippen LogP contribution in [-0.2, 0) is 6.42 Å². The van der Waals surface area contributed by atoms with E-state index in [-0.39, 0.29) is 0 Å². The first kappa shape index (κ1) is 8.74. The molecule has 0 aliphatic heterocycles. The lowest BCUT2D eigenvalue weighted by Gasteiger charge is -2.23. The van der Waals surface area contributed by atoms with Gasteiger partial charge in [0.1, 0.15) is 0 Å². The highest BCUT2D eigenvalue weighted by Crippen LogP contribution is 2.32. The Morgan fingerprint density at radius 3 is 2.92 bits per heavy atom. The third kappa shape index (κ3) is 1.48. The van der Waals surface area contributed by atoms with Crippen molar-refractivity contribution in [1.82, 2.24) is 4.98 Å². The summed E-state index contributed by atoms with van der Waals surface area (Å²) in [5, 5.41) is 0. The number of fused-ring (bicyclic) bond motifs is 1. The molecule has 0 fully saturated rings. The largest absolute Gasteiger partial charge is 0.258 e. The first-order chi connectivity index (χ1) is 6.18. The Balaban J connectivity index is 2.56. The van der Waals surface area contributed by atoms with Gasteiger partial charge >= 0.3 is 0 Å². The molecule has 0 N–H and O–H groups in total. The smallest absolute Gasteiger partial charge is 0.0444 e. The lowest BCUT2D eigenvalue weighted by molar-refractivity contribution is 0.574. The normalized spacial score (nSPS) is 21.3. The number of aryl methyl sites for hydroxylation is 3. The molecule has 0 aromatic carbocycles. The third-order valence-electron chi connectivity index (χ3n) is 3.02. The fraction of sp³-hybridized carbons (Fsp3) is 0.583. The highest BCUT2D eigenvalue weighted by atomic mass is 14.7. The Morgan fingerprint density at radius 2 is 2.15 bits per heavy atom. The van der Waals surface area contributed by atoms with Gasteiger partial charge in [-0.1, -0.05) is 6.92 Å². The number of pyridine rings is 1. The van der Waals surface area contributed by atoms with Crippen molar-refractivity contribution >= 4 is 0 Å². The summed E-state index contributed by atoms with van der Waals surface area (Å²) in [6, 6.07) is 2.21. The van der Waals surface area contributed by atoms with Crippen molar-refractivity contribution in [3.8, 4) is 0 Å². The maximum Gasteiger partial charge on any atom is 0.0444 e. The molecule has 0 spiro atoms. The maximum absolute atomic E-state index is 4.62. The van der Waals surface area contributed by atoms with Crippen LogP contribution in [0.5, 0.6) is 0 Å². The zero-order valence-corrected chi connectivity index (χ0v) is 8.72. The Labute approximate surface area is 80.2 Å². The van der Waals surface area contributed by atoms with Crippen molar-refractivity contribution in [3.63, 3.8) is 0 Å². The minimum absolute atomic E-state index is 0.719. The average molecular weight is 175 g/mol. The molecule has 70 valence electrons. The van der Waals surface area contributed by atoms with Crippen molar-refractivity contribution < 1.29 is 0 Å². The first-order valence-corrected chi connectivity index (χ1v) is 5.15. The van der Waals surface area contributed by atoms with Gasteiger partial charge in [-0.3, -0.25) is 4.98 Å². The second kappa shape index (κ2) is 3.13. The van der Waals surface area contributed by atoms with E-state index in [0.717, 1.165) is 5.92 Å². The van der Waals surface area contributed by atoms with Gasteiger partial charge in [0.15, 0.2) is 0 Å². The van der Waals surface area contributed by atoms with Gasteiger partial charge in [-0.25, -0.2) is 0 Å². The van der Waals surface area contributed by atoms with Crippen LogP contribution in [0.1, 0.15) is 48.2 Å². The number of hydrogen-bond donors (Lipinski definition) is 0. The van der Waals surface area contributed by atoms with Crippen molar-refractivity contribution in [1.29, 1.82) is 0 Å². The summed E-state index contributed by atoms with van der Waals surface area (Å²) >= 11 is 0. The topological polar surface area (TPSA) is 12.9 Å².